The first-order chi connectivity index (χ1) is 11.7. The van der Waals surface area contributed by atoms with Crippen LogP contribution in [0.4, 0.5) is 15.6 Å². The van der Waals surface area contributed by atoms with Crippen LogP contribution in [0.25, 0.3) is 10.6 Å². The molecule has 2 N–H and O–H groups in total. The van der Waals surface area contributed by atoms with Gasteiger partial charge in [-0.3, -0.25) is 5.32 Å². The van der Waals surface area contributed by atoms with Crippen molar-refractivity contribution in [1.29, 1.82) is 0 Å². The van der Waals surface area contributed by atoms with Crippen molar-refractivity contribution in [2.75, 3.05) is 17.2 Å². The molecule has 0 atom stereocenters. The number of hydrogen-bond donors (Lipinski definition) is 2. The predicted molar refractivity (Wildman–Crippen MR) is 95.6 cm³/mol. The predicted octanol–water partition coefficient (Wildman–Crippen LogP) is 4.25. The molecule has 0 aliphatic rings. The average molecular weight is 340 g/mol. The Balaban J connectivity index is 1.60. The fourth-order valence-corrected chi connectivity index (χ4v) is 2.78. The molecule has 0 bridgehead atoms. The van der Waals surface area contributed by atoms with Gasteiger partial charge in [-0.15, -0.1) is 10.2 Å². The van der Waals surface area contributed by atoms with Gasteiger partial charge in [0.1, 0.15) is 10.8 Å². The SMILES string of the molecule is CCOc1ccc(NC(=O)Nc2nnc(-c3ccccc3)s2)cc1. The highest BCUT2D eigenvalue weighted by molar-refractivity contribution is 7.18. The van der Waals surface area contributed by atoms with Crippen molar-refractivity contribution in [1.82, 2.24) is 10.2 Å². The number of carbonyl (C=O) groups is 1. The first kappa shape index (κ1) is 15.9. The molecule has 0 aliphatic carbocycles. The molecule has 2 amide bonds. The first-order valence-electron chi connectivity index (χ1n) is 7.44. The number of carbonyl (C=O) groups excluding carboxylic acids is 1. The van der Waals surface area contributed by atoms with Crippen LogP contribution in [-0.2, 0) is 0 Å². The minimum Gasteiger partial charge on any atom is -0.494 e. The Morgan fingerprint density at radius 3 is 2.50 bits per heavy atom. The summed E-state index contributed by atoms with van der Waals surface area (Å²) in [5.74, 6) is 0.764. The van der Waals surface area contributed by atoms with Crippen LogP contribution in [0.15, 0.2) is 54.6 Å². The molecule has 1 aromatic heterocycles. The zero-order valence-corrected chi connectivity index (χ0v) is 13.8. The fraction of sp³-hybridized carbons (Fsp3) is 0.118. The molecule has 24 heavy (non-hydrogen) atoms. The molecule has 0 radical (unpaired) electrons. The number of aromatic nitrogens is 2. The molecule has 7 heteroatoms. The minimum atomic E-state index is -0.366. The van der Waals surface area contributed by atoms with Gasteiger partial charge in [0, 0.05) is 11.3 Å². The van der Waals surface area contributed by atoms with Gasteiger partial charge in [0.05, 0.1) is 6.61 Å². The normalized spacial score (nSPS) is 10.2. The lowest BCUT2D eigenvalue weighted by Gasteiger charge is -2.06. The van der Waals surface area contributed by atoms with E-state index in [1.54, 1.807) is 24.3 Å². The van der Waals surface area contributed by atoms with Gasteiger partial charge >= 0.3 is 6.03 Å². The highest BCUT2D eigenvalue weighted by Gasteiger charge is 2.09. The summed E-state index contributed by atoms with van der Waals surface area (Å²) in [5, 5.41) is 14.7. The van der Waals surface area contributed by atoms with Gasteiger partial charge < -0.3 is 10.1 Å². The summed E-state index contributed by atoms with van der Waals surface area (Å²) in [6.07, 6.45) is 0. The van der Waals surface area contributed by atoms with Crippen molar-refractivity contribution in [3.63, 3.8) is 0 Å². The minimum absolute atomic E-state index is 0.366. The molecule has 3 rings (SSSR count). The van der Waals surface area contributed by atoms with E-state index in [0.717, 1.165) is 16.3 Å². The second kappa shape index (κ2) is 7.56. The average Bonchev–Trinajstić information content (AvgIpc) is 3.06. The number of amides is 2. The number of nitrogens with one attached hydrogen (secondary N) is 2. The Morgan fingerprint density at radius 2 is 1.79 bits per heavy atom. The second-order valence-corrected chi connectivity index (χ2v) is 5.79. The number of nitrogens with zero attached hydrogens (tertiary/aromatic N) is 2. The Hall–Kier alpha value is -2.93. The van der Waals surface area contributed by atoms with Gasteiger partial charge in [0.2, 0.25) is 5.13 Å². The number of ether oxygens (including phenoxy) is 1. The Kier molecular flexibility index (Phi) is 5.02. The van der Waals surface area contributed by atoms with Crippen LogP contribution in [0, 0.1) is 0 Å². The maximum absolute atomic E-state index is 12.0. The van der Waals surface area contributed by atoms with Crippen molar-refractivity contribution >= 4 is 28.2 Å². The standard InChI is InChI=1S/C17H16N4O2S/c1-2-23-14-10-8-13(9-11-14)18-16(22)19-17-21-20-15(24-17)12-6-4-3-5-7-12/h3-11H,2H2,1H3,(H2,18,19,21,22). The first-order valence-corrected chi connectivity index (χ1v) is 8.26. The molecule has 1 heterocycles. The smallest absolute Gasteiger partial charge is 0.325 e. The Morgan fingerprint density at radius 1 is 1.04 bits per heavy atom. The van der Waals surface area contributed by atoms with Crippen LogP contribution in [0.1, 0.15) is 6.92 Å². The number of rotatable bonds is 5. The highest BCUT2D eigenvalue weighted by atomic mass is 32.1. The molecule has 0 saturated carbocycles. The molecule has 122 valence electrons. The van der Waals surface area contributed by atoms with Crippen LogP contribution >= 0.6 is 11.3 Å². The van der Waals surface area contributed by atoms with Crippen LogP contribution in [0.2, 0.25) is 0 Å². The largest absolute Gasteiger partial charge is 0.494 e. The monoisotopic (exact) mass is 340 g/mol. The summed E-state index contributed by atoms with van der Waals surface area (Å²) in [7, 11) is 0. The lowest BCUT2D eigenvalue weighted by molar-refractivity contribution is 0.262. The van der Waals surface area contributed by atoms with E-state index < -0.39 is 0 Å². The molecular formula is C17H16N4O2S. The Labute approximate surface area is 143 Å². The van der Waals surface area contributed by atoms with Gasteiger partial charge in [0.25, 0.3) is 0 Å². The van der Waals surface area contributed by atoms with Crippen molar-refractivity contribution in [2.24, 2.45) is 0 Å². The van der Waals surface area contributed by atoms with Gasteiger partial charge in [-0.25, -0.2) is 4.79 Å². The molecule has 0 fully saturated rings. The third-order valence-corrected chi connectivity index (χ3v) is 3.98. The van der Waals surface area contributed by atoms with E-state index >= 15 is 0 Å². The molecule has 6 nitrogen and oxygen atoms in total. The number of hydrogen-bond acceptors (Lipinski definition) is 5. The number of benzene rings is 2. The van der Waals surface area contributed by atoms with Crippen LogP contribution in [0.3, 0.4) is 0 Å². The maximum Gasteiger partial charge on any atom is 0.325 e. The highest BCUT2D eigenvalue weighted by Crippen LogP contribution is 2.26. The third kappa shape index (κ3) is 4.08. The number of urea groups is 1. The summed E-state index contributed by atoms with van der Waals surface area (Å²) in [6, 6.07) is 16.5. The third-order valence-electron chi connectivity index (χ3n) is 3.09. The van der Waals surface area contributed by atoms with E-state index in [0.29, 0.717) is 17.4 Å². The lowest BCUT2D eigenvalue weighted by Crippen LogP contribution is -2.19. The summed E-state index contributed by atoms with van der Waals surface area (Å²) in [4.78, 5) is 12.0. The lowest BCUT2D eigenvalue weighted by atomic mass is 10.2. The second-order valence-electron chi connectivity index (χ2n) is 4.81. The van der Waals surface area contributed by atoms with Crippen molar-refractivity contribution in [3.05, 3.63) is 54.6 Å². The molecule has 2 aromatic carbocycles. The molecule has 0 spiro atoms. The van der Waals surface area contributed by atoms with Crippen molar-refractivity contribution in [2.45, 2.75) is 6.92 Å². The van der Waals surface area contributed by atoms with Gasteiger partial charge in [0.15, 0.2) is 0 Å². The van der Waals surface area contributed by atoms with Gasteiger partial charge in [-0.1, -0.05) is 41.7 Å². The van der Waals surface area contributed by atoms with Gasteiger partial charge in [-0.2, -0.15) is 0 Å². The van der Waals surface area contributed by atoms with Crippen molar-refractivity contribution < 1.29 is 9.53 Å². The molecular weight excluding hydrogens is 324 g/mol. The molecule has 3 aromatic rings. The van der Waals surface area contributed by atoms with E-state index in [1.165, 1.54) is 11.3 Å². The molecule has 0 aliphatic heterocycles. The fourth-order valence-electron chi connectivity index (χ4n) is 2.03. The summed E-state index contributed by atoms with van der Waals surface area (Å²) in [5.41, 5.74) is 1.64. The van der Waals surface area contributed by atoms with Crippen LogP contribution in [-0.4, -0.2) is 22.8 Å². The van der Waals surface area contributed by atoms with Crippen molar-refractivity contribution in [3.8, 4) is 16.3 Å². The topological polar surface area (TPSA) is 76.1 Å². The summed E-state index contributed by atoms with van der Waals surface area (Å²) < 4.78 is 5.36. The van der Waals surface area contributed by atoms with Crippen LogP contribution in [0.5, 0.6) is 5.75 Å². The number of anilines is 2. The zero-order valence-electron chi connectivity index (χ0n) is 13.0. The zero-order chi connectivity index (χ0) is 16.8. The summed E-state index contributed by atoms with van der Waals surface area (Å²) in [6.45, 7) is 2.53. The Bertz CT molecular complexity index is 803. The quantitative estimate of drug-likeness (QED) is 0.728. The molecule has 0 saturated heterocycles. The maximum atomic E-state index is 12.0. The van der Waals surface area contributed by atoms with E-state index in [-0.39, 0.29) is 6.03 Å². The summed E-state index contributed by atoms with van der Waals surface area (Å²) >= 11 is 1.32. The van der Waals surface area contributed by atoms with E-state index in [2.05, 4.69) is 20.8 Å². The van der Waals surface area contributed by atoms with E-state index in [1.807, 2.05) is 37.3 Å². The van der Waals surface area contributed by atoms with Crippen LogP contribution < -0.4 is 15.4 Å². The molecule has 0 unspecified atom stereocenters. The van der Waals surface area contributed by atoms with E-state index in [9.17, 15) is 4.79 Å². The van der Waals surface area contributed by atoms with Gasteiger partial charge in [-0.05, 0) is 31.2 Å². The van der Waals surface area contributed by atoms with E-state index in [4.69, 9.17) is 4.74 Å².